The summed E-state index contributed by atoms with van der Waals surface area (Å²) in [6.07, 6.45) is 5.48. The summed E-state index contributed by atoms with van der Waals surface area (Å²) in [5.74, 6) is 1.92. The van der Waals surface area contributed by atoms with E-state index in [0.717, 1.165) is 18.3 Å². The minimum Gasteiger partial charge on any atom is -0.0622 e. The van der Waals surface area contributed by atoms with Gasteiger partial charge in [-0.3, -0.25) is 0 Å². The molecule has 47 valence electrons. The van der Waals surface area contributed by atoms with Crippen molar-refractivity contribution in [3.8, 4) is 0 Å². The maximum atomic E-state index is 3.92. The van der Waals surface area contributed by atoms with Crippen LogP contribution < -0.4 is 0 Å². The first kappa shape index (κ1) is 6.12. The topological polar surface area (TPSA) is 0 Å². The lowest BCUT2D eigenvalue weighted by Crippen LogP contribution is -2.00. The second-order valence-corrected chi connectivity index (χ2v) is 2.96. The van der Waals surface area contributed by atoms with Crippen LogP contribution in [0.4, 0.5) is 0 Å². The van der Waals surface area contributed by atoms with Crippen LogP contribution in [0.3, 0.4) is 0 Å². The fraction of sp³-hybridized carbons (Fsp3) is 0.875. The SMILES string of the molecule is [CH2]CC1CCCC1C. The Bertz CT molecular complexity index is 66.4. The first-order valence-corrected chi connectivity index (χ1v) is 3.64. The minimum atomic E-state index is 0.954. The van der Waals surface area contributed by atoms with Gasteiger partial charge < -0.3 is 0 Å². The summed E-state index contributed by atoms with van der Waals surface area (Å²) in [5, 5.41) is 0. The maximum Gasteiger partial charge on any atom is -0.0388 e. The monoisotopic (exact) mass is 111 g/mol. The van der Waals surface area contributed by atoms with Crippen molar-refractivity contribution in [2.75, 3.05) is 0 Å². The molecule has 1 radical (unpaired) electrons. The smallest absolute Gasteiger partial charge is 0.0388 e. The third-order valence-electron chi connectivity index (χ3n) is 2.41. The highest BCUT2D eigenvalue weighted by molar-refractivity contribution is 4.74. The van der Waals surface area contributed by atoms with Crippen LogP contribution >= 0.6 is 0 Å². The van der Waals surface area contributed by atoms with E-state index in [1.165, 1.54) is 19.3 Å². The quantitative estimate of drug-likeness (QED) is 0.488. The van der Waals surface area contributed by atoms with Gasteiger partial charge in [0.1, 0.15) is 0 Å². The van der Waals surface area contributed by atoms with Crippen molar-refractivity contribution in [1.82, 2.24) is 0 Å². The molecule has 1 aliphatic carbocycles. The van der Waals surface area contributed by atoms with Gasteiger partial charge in [0, 0.05) is 0 Å². The predicted molar refractivity (Wildman–Crippen MR) is 36.5 cm³/mol. The molecule has 0 aromatic carbocycles. The first-order chi connectivity index (χ1) is 3.84. The van der Waals surface area contributed by atoms with Crippen molar-refractivity contribution in [2.24, 2.45) is 11.8 Å². The molecule has 2 atom stereocenters. The zero-order valence-corrected chi connectivity index (χ0v) is 5.69. The second-order valence-electron chi connectivity index (χ2n) is 2.96. The van der Waals surface area contributed by atoms with Gasteiger partial charge in [-0.15, -0.1) is 0 Å². The van der Waals surface area contributed by atoms with Crippen molar-refractivity contribution in [3.05, 3.63) is 6.92 Å². The molecular formula is C8H15. The molecule has 0 N–H and O–H groups in total. The van der Waals surface area contributed by atoms with Gasteiger partial charge in [0.05, 0.1) is 0 Å². The molecule has 0 aromatic rings. The van der Waals surface area contributed by atoms with Crippen LogP contribution in [0.15, 0.2) is 0 Å². The van der Waals surface area contributed by atoms with Gasteiger partial charge in [-0.2, -0.15) is 0 Å². The molecule has 0 bridgehead atoms. The number of hydrogen-bond acceptors (Lipinski definition) is 0. The Morgan fingerprint density at radius 2 is 2.25 bits per heavy atom. The Hall–Kier alpha value is 0. The van der Waals surface area contributed by atoms with E-state index in [2.05, 4.69) is 13.8 Å². The van der Waals surface area contributed by atoms with Gasteiger partial charge in [-0.1, -0.05) is 39.5 Å². The molecule has 8 heavy (non-hydrogen) atoms. The van der Waals surface area contributed by atoms with E-state index in [1.54, 1.807) is 0 Å². The van der Waals surface area contributed by atoms with Gasteiger partial charge in [0.15, 0.2) is 0 Å². The van der Waals surface area contributed by atoms with Crippen LogP contribution in [0.25, 0.3) is 0 Å². The normalized spacial score (nSPS) is 38.2. The van der Waals surface area contributed by atoms with Gasteiger partial charge in [-0.05, 0) is 11.8 Å². The van der Waals surface area contributed by atoms with E-state index < -0.39 is 0 Å². The summed E-state index contributed by atoms with van der Waals surface area (Å²) in [7, 11) is 0. The predicted octanol–water partition coefficient (Wildman–Crippen LogP) is 2.65. The molecule has 1 aliphatic rings. The molecule has 0 heteroatoms. The van der Waals surface area contributed by atoms with Crippen LogP contribution in [0.1, 0.15) is 32.6 Å². The number of rotatable bonds is 1. The Morgan fingerprint density at radius 3 is 2.50 bits per heavy atom. The lowest BCUT2D eigenvalue weighted by Gasteiger charge is -2.10. The van der Waals surface area contributed by atoms with Crippen LogP contribution in [-0.2, 0) is 0 Å². The molecule has 0 nitrogen and oxygen atoms in total. The maximum absolute atomic E-state index is 3.92. The van der Waals surface area contributed by atoms with Crippen LogP contribution in [-0.4, -0.2) is 0 Å². The Morgan fingerprint density at radius 1 is 1.50 bits per heavy atom. The van der Waals surface area contributed by atoms with Gasteiger partial charge in [-0.25, -0.2) is 0 Å². The molecule has 1 rings (SSSR count). The van der Waals surface area contributed by atoms with E-state index in [-0.39, 0.29) is 0 Å². The van der Waals surface area contributed by atoms with E-state index in [9.17, 15) is 0 Å². The van der Waals surface area contributed by atoms with Crippen LogP contribution in [0.5, 0.6) is 0 Å². The fourth-order valence-corrected chi connectivity index (χ4v) is 1.65. The first-order valence-electron chi connectivity index (χ1n) is 3.64. The van der Waals surface area contributed by atoms with Crippen molar-refractivity contribution in [1.29, 1.82) is 0 Å². The second kappa shape index (κ2) is 2.52. The molecule has 0 spiro atoms. The minimum absolute atomic E-state index is 0.954. The lowest BCUT2D eigenvalue weighted by atomic mass is 9.96. The summed E-state index contributed by atoms with van der Waals surface area (Å²) in [6.45, 7) is 6.27. The number of hydrogen-bond donors (Lipinski definition) is 0. The van der Waals surface area contributed by atoms with Crippen LogP contribution in [0, 0.1) is 18.8 Å². The summed E-state index contributed by atoms with van der Waals surface area (Å²) in [4.78, 5) is 0. The van der Waals surface area contributed by atoms with Crippen molar-refractivity contribution < 1.29 is 0 Å². The zero-order valence-electron chi connectivity index (χ0n) is 5.69. The highest BCUT2D eigenvalue weighted by atomic mass is 14.3. The molecule has 0 saturated heterocycles. The van der Waals surface area contributed by atoms with Crippen molar-refractivity contribution in [3.63, 3.8) is 0 Å². The van der Waals surface area contributed by atoms with Crippen molar-refractivity contribution in [2.45, 2.75) is 32.6 Å². The molecule has 0 amide bonds. The Labute approximate surface area is 52.3 Å². The summed E-state index contributed by atoms with van der Waals surface area (Å²) in [6, 6.07) is 0. The Kier molecular flexibility index (Phi) is 1.93. The molecule has 2 unspecified atom stereocenters. The summed E-state index contributed by atoms with van der Waals surface area (Å²) < 4.78 is 0. The highest BCUT2D eigenvalue weighted by Gasteiger charge is 2.20. The highest BCUT2D eigenvalue weighted by Crippen LogP contribution is 2.32. The average Bonchev–Trinajstić information content (AvgIpc) is 2.14. The van der Waals surface area contributed by atoms with Crippen molar-refractivity contribution >= 4 is 0 Å². The third-order valence-corrected chi connectivity index (χ3v) is 2.41. The Balaban J connectivity index is 2.30. The summed E-state index contributed by atoms with van der Waals surface area (Å²) >= 11 is 0. The molecule has 1 fully saturated rings. The van der Waals surface area contributed by atoms with Gasteiger partial charge in [0.25, 0.3) is 0 Å². The average molecular weight is 111 g/mol. The van der Waals surface area contributed by atoms with Gasteiger partial charge in [0.2, 0.25) is 0 Å². The van der Waals surface area contributed by atoms with E-state index in [0.29, 0.717) is 0 Å². The molecular weight excluding hydrogens is 96.1 g/mol. The lowest BCUT2D eigenvalue weighted by molar-refractivity contribution is 0.422. The van der Waals surface area contributed by atoms with E-state index >= 15 is 0 Å². The van der Waals surface area contributed by atoms with Gasteiger partial charge >= 0.3 is 0 Å². The van der Waals surface area contributed by atoms with E-state index in [4.69, 9.17) is 0 Å². The van der Waals surface area contributed by atoms with Crippen LogP contribution in [0.2, 0.25) is 0 Å². The standard InChI is InChI=1S/C8H15/c1-3-8-6-4-5-7(8)2/h7-8H,1,3-6H2,2H3. The summed E-state index contributed by atoms with van der Waals surface area (Å²) in [5.41, 5.74) is 0. The largest absolute Gasteiger partial charge is 0.0622 e. The molecule has 0 aliphatic heterocycles. The molecule has 1 saturated carbocycles. The van der Waals surface area contributed by atoms with E-state index in [1.807, 2.05) is 0 Å². The molecule has 0 heterocycles. The third kappa shape index (κ3) is 1.04. The molecule has 0 aromatic heterocycles. The fourth-order valence-electron chi connectivity index (χ4n) is 1.65. The zero-order chi connectivity index (χ0) is 5.98.